The van der Waals surface area contributed by atoms with Crippen molar-refractivity contribution in [3.63, 3.8) is 0 Å². The number of pyridine rings is 1. The van der Waals surface area contributed by atoms with E-state index in [2.05, 4.69) is 101 Å². The molecule has 0 aliphatic carbocycles. The number of carbonyl (C=O) groups is 1. The Morgan fingerprint density at radius 1 is 0.889 bits per heavy atom. The number of hydrogen-bond donors (Lipinski definition) is 1. The number of hydrogen-bond acceptors (Lipinski definition) is 5. The minimum absolute atomic E-state index is 0. The van der Waals surface area contributed by atoms with E-state index in [1.54, 1.807) is 11.3 Å². The van der Waals surface area contributed by atoms with Crippen molar-refractivity contribution in [2.24, 2.45) is 16.7 Å². The number of aromatic nitrogens is 1. The second-order valence-electron chi connectivity index (χ2n) is 16.6. The number of thiophene rings is 1. The van der Waals surface area contributed by atoms with E-state index in [4.69, 9.17) is 9.40 Å². The molecule has 0 atom stereocenters. The van der Waals surface area contributed by atoms with E-state index in [0.29, 0.717) is 5.92 Å². The van der Waals surface area contributed by atoms with Crippen LogP contribution in [-0.2, 0) is 36.7 Å². The van der Waals surface area contributed by atoms with Gasteiger partial charge in [-0.3, -0.25) is 9.78 Å². The molecule has 4 nitrogen and oxygen atoms in total. The minimum Gasteiger partial charge on any atom is -0.512 e. The summed E-state index contributed by atoms with van der Waals surface area (Å²) in [6, 6.07) is 25.5. The minimum atomic E-state index is -0.337. The molecule has 0 saturated carbocycles. The average Bonchev–Trinajstić information content (AvgIpc) is 3.77. The molecule has 0 saturated heterocycles. The molecular weight excluding hydrogens is 863 g/mol. The first-order valence-electron chi connectivity index (χ1n) is 19.4. The Hall–Kier alpha value is -3.57. The molecule has 0 aliphatic heterocycles. The van der Waals surface area contributed by atoms with Crippen LogP contribution in [0.1, 0.15) is 113 Å². The molecule has 6 rings (SSSR count). The van der Waals surface area contributed by atoms with Crippen molar-refractivity contribution in [2.75, 3.05) is 0 Å². The van der Waals surface area contributed by atoms with Gasteiger partial charge in [-0.05, 0) is 72.6 Å². The fourth-order valence-electron chi connectivity index (χ4n) is 6.81. The zero-order valence-corrected chi connectivity index (χ0v) is 37.3. The van der Waals surface area contributed by atoms with Gasteiger partial charge in [-0.2, -0.15) is 0 Å². The van der Waals surface area contributed by atoms with E-state index in [9.17, 15) is 9.90 Å². The van der Waals surface area contributed by atoms with Gasteiger partial charge in [0.1, 0.15) is 17.6 Å². The second kappa shape index (κ2) is 17.5. The molecule has 0 fully saturated rings. The Kier molecular flexibility index (Phi) is 14.0. The molecule has 54 heavy (non-hydrogen) atoms. The smallest absolute Gasteiger partial charge is 0.164 e. The van der Waals surface area contributed by atoms with E-state index < -0.39 is 0 Å². The van der Waals surface area contributed by atoms with Gasteiger partial charge in [0.15, 0.2) is 5.78 Å². The fraction of sp³-hybridized carbons (Fsp3) is 0.417. The molecule has 1 N–H and O–H groups in total. The van der Waals surface area contributed by atoms with Gasteiger partial charge in [0.25, 0.3) is 0 Å². The Balaban J connectivity index is 0.000000309. The maximum Gasteiger partial charge on any atom is 0.164 e. The van der Waals surface area contributed by atoms with Crippen LogP contribution in [0.15, 0.2) is 89.4 Å². The van der Waals surface area contributed by atoms with Crippen LogP contribution >= 0.6 is 11.3 Å². The molecule has 289 valence electrons. The molecule has 0 amide bonds. The van der Waals surface area contributed by atoms with Gasteiger partial charge in [0.2, 0.25) is 0 Å². The zero-order valence-electron chi connectivity index (χ0n) is 34.1. The topological polar surface area (TPSA) is 63.3 Å². The normalized spacial score (nSPS) is 12.6. The SMILES string of the molecule is CC(C)Cc1ccc2c(-c3cc4ccnc(-c5[c-]c6ccccc6c(C(C)(C)C)c5)c4s3)coc2c1.CCC(C)(CC)C(=O)/C=C(\O)C(C)(CC)CC.[Ir]. The second-order valence-corrected chi connectivity index (χ2v) is 17.6. The zero-order chi connectivity index (χ0) is 38.7. The number of allylic oxidation sites excluding steroid dienone is 2. The van der Waals surface area contributed by atoms with Crippen LogP contribution in [0.5, 0.6) is 0 Å². The molecule has 6 heteroatoms. The van der Waals surface area contributed by atoms with Crippen molar-refractivity contribution >= 4 is 48.9 Å². The van der Waals surface area contributed by atoms with Crippen molar-refractivity contribution in [3.8, 4) is 21.7 Å². The van der Waals surface area contributed by atoms with Crippen LogP contribution in [0, 0.1) is 22.8 Å². The number of ketones is 1. The molecule has 3 aromatic carbocycles. The summed E-state index contributed by atoms with van der Waals surface area (Å²) in [5.74, 6) is 0.907. The molecule has 3 aromatic heterocycles. The number of aliphatic hydroxyl groups excluding tert-OH is 1. The molecular formula is C48H58IrNO3S-. The Labute approximate surface area is 340 Å². The van der Waals surface area contributed by atoms with Crippen molar-refractivity contribution in [1.29, 1.82) is 0 Å². The monoisotopic (exact) mass is 921 g/mol. The number of fused-ring (bicyclic) bond motifs is 3. The van der Waals surface area contributed by atoms with E-state index >= 15 is 0 Å². The summed E-state index contributed by atoms with van der Waals surface area (Å²) in [5, 5.41) is 14.9. The maximum absolute atomic E-state index is 12.2. The van der Waals surface area contributed by atoms with Gasteiger partial charge in [0, 0.05) is 69.4 Å². The summed E-state index contributed by atoms with van der Waals surface area (Å²) >= 11 is 1.78. The van der Waals surface area contributed by atoms with Crippen molar-refractivity contribution in [2.45, 2.75) is 114 Å². The fourth-order valence-corrected chi connectivity index (χ4v) is 7.99. The Bertz CT molecular complexity index is 2240. The summed E-state index contributed by atoms with van der Waals surface area (Å²) in [6.45, 7) is 23.4. The van der Waals surface area contributed by atoms with Gasteiger partial charge in [-0.1, -0.05) is 117 Å². The summed E-state index contributed by atoms with van der Waals surface area (Å²) in [7, 11) is 0. The molecule has 0 spiro atoms. The summed E-state index contributed by atoms with van der Waals surface area (Å²) in [5.41, 5.74) is 6.20. The van der Waals surface area contributed by atoms with Crippen LogP contribution in [-0.4, -0.2) is 15.9 Å². The maximum atomic E-state index is 12.2. The number of rotatable bonds is 11. The van der Waals surface area contributed by atoms with Crippen molar-refractivity contribution < 1.29 is 34.4 Å². The number of carbonyl (C=O) groups excluding carboxylic acids is 1. The Morgan fingerprint density at radius 3 is 2.19 bits per heavy atom. The van der Waals surface area contributed by atoms with Crippen LogP contribution in [0.25, 0.3) is 53.5 Å². The van der Waals surface area contributed by atoms with E-state index in [1.165, 1.54) is 37.6 Å². The Morgan fingerprint density at radius 2 is 1.56 bits per heavy atom. The molecule has 0 bridgehead atoms. The van der Waals surface area contributed by atoms with E-state index in [1.807, 2.05) is 54.0 Å². The standard InChI is InChI=1S/C33H30NOS.C15H28O2.Ir/c1-20(2)14-21-10-11-26-27(19-35-29(26)15-21)30-18-23-12-13-34-31(32(23)36-30)24-16-22-8-6-7-9-25(22)28(17-24)33(3,4)5;1-7-14(5,8-2)12(16)11-13(17)15(6,9-3)10-4;/h6-13,15,17-20H,14H2,1-5H3;11,16H,7-10H2,1-6H3;/q-1;;/b;12-11-;. The van der Waals surface area contributed by atoms with E-state index in [0.717, 1.165) is 65.3 Å². The number of furan rings is 1. The van der Waals surface area contributed by atoms with Gasteiger partial charge >= 0.3 is 0 Å². The van der Waals surface area contributed by atoms with Crippen LogP contribution in [0.3, 0.4) is 0 Å². The van der Waals surface area contributed by atoms with Crippen LogP contribution in [0.2, 0.25) is 0 Å². The third-order valence-corrected chi connectivity index (χ3v) is 12.6. The van der Waals surface area contributed by atoms with Gasteiger partial charge < -0.3 is 9.52 Å². The van der Waals surface area contributed by atoms with Gasteiger partial charge in [0.05, 0.1) is 0 Å². The number of nitrogens with zero attached hydrogens (tertiary/aromatic N) is 1. The number of benzene rings is 3. The first-order chi connectivity index (χ1) is 25.1. The van der Waals surface area contributed by atoms with Crippen molar-refractivity contribution in [3.05, 3.63) is 102 Å². The van der Waals surface area contributed by atoms with E-state index in [-0.39, 0.29) is 47.9 Å². The molecule has 0 aliphatic rings. The van der Waals surface area contributed by atoms with Gasteiger partial charge in [-0.15, -0.1) is 40.5 Å². The first kappa shape index (κ1) is 43.2. The summed E-state index contributed by atoms with van der Waals surface area (Å²) in [4.78, 5) is 18.2. The van der Waals surface area contributed by atoms with Crippen molar-refractivity contribution in [1.82, 2.24) is 4.98 Å². The van der Waals surface area contributed by atoms with Crippen LogP contribution in [0.4, 0.5) is 0 Å². The number of aliphatic hydroxyl groups is 1. The third-order valence-electron chi connectivity index (χ3n) is 11.4. The largest absolute Gasteiger partial charge is 0.512 e. The summed E-state index contributed by atoms with van der Waals surface area (Å²) < 4.78 is 7.21. The predicted octanol–water partition coefficient (Wildman–Crippen LogP) is 14.5. The molecule has 6 aromatic rings. The molecule has 1 radical (unpaired) electrons. The first-order valence-corrected chi connectivity index (χ1v) is 20.2. The van der Waals surface area contributed by atoms with Crippen LogP contribution < -0.4 is 0 Å². The average molecular weight is 921 g/mol. The quantitative estimate of drug-likeness (QED) is 0.0799. The third kappa shape index (κ3) is 9.10. The molecule has 0 unspecified atom stereocenters. The van der Waals surface area contributed by atoms with Gasteiger partial charge in [-0.25, -0.2) is 0 Å². The predicted molar refractivity (Wildman–Crippen MR) is 227 cm³/mol. The summed E-state index contributed by atoms with van der Waals surface area (Å²) in [6.07, 6.45) is 9.63. The molecule has 3 heterocycles.